The van der Waals surface area contributed by atoms with Crippen LogP contribution in [-0.4, -0.2) is 18.5 Å². The van der Waals surface area contributed by atoms with E-state index < -0.39 is 0 Å². The van der Waals surface area contributed by atoms with Crippen LogP contribution in [0.1, 0.15) is 66.2 Å². The second-order valence-corrected chi connectivity index (χ2v) is 5.36. The molecule has 0 amide bonds. The first-order chi connectivity index (χ1) is 7.63. The highest BCUT2D eigenvalue weighted by Crippen LogP contribution is 2.24. The lowest BCUT2D eigenvalue weighted by Gasteiger charge is -2.31. The molecule has 0 heterocycles. The van der Waals surface area contributed by atoms with Gasteiger partial charge in [-0.15, -0.1) is 0 Å². The molecule has 2 unspecified atom stereocenters. The average molecular weight is 228 g/mol. The summed E-state index contributed by atoms with van der Waals surface area (Å²) in [5, 5.41) is 0. The van der Waals surface area contributed by atoms with E-state index in [1.165, 1.54) is 32.1 Å². The van der Waals surface area contributed by atoms with Crippen LogP contribution in [0.4, 0.5) is 0 Å². The van der Waals surface area contributed by atoms with Gasteiger partial charge in [-0.1, -0.05) is 40.0 Å². The van der Waals surface area contributed by atoms with Crippen molar-refractivity contribution in [2.45, 2.75) is 84.7 Å². The highest BCUT2D eigenvalue weighted by atomic mass is 16.7. The van der Waals surface area contributed by atoms with Crippen molar-refractivity contribution in [1.29, 1.82) is 0 Å². The Bertz CT molecular complexity index is 174. The normalized spacial score (nSPS) is 22.3. The van der Waals surface area contributed by atoms with Gasteiger partial charge in [0.2, 0.25) is 0 Å². The summed E-state index contributed by atoms with van der Waals surface area (Å²) in [4.78, 5) is 0. The molecule has 0 aromatic carbocycles. The van der Waals surface area contributed by atoms with Crippen LogP contribution >= 0.6 is 0 Å². The molecule has 1 aliphatic rings. The van der Waals surface area contributed by atoms with Crippen LogP contribution < -0.4 is 0 Å². The van der Waals surface area contributed by atoms with Crippen LogP contribution in [0.25, 0.3) is 0 Å². The molecule has 0 aromatic heterocycles. The van der Waals surface area contributed by atoms with E-state index in [0.29, 0.717) is 18.1 Å². The van der Waals surface area contributed by atoms with Gasteiger partial charge in [0.25, 0.3) is 0 Å². The Morgan fingerprint density at radius 3 is 2.19 bits per heavy atom. The predicted octanol–water partition coefficient (Wildman–Crippen LogP) is 4.13. The second kappa shape index (κ2) is 7.29. The van der Waals surface area contributed by atoms with E-state index in [9.17, 15) is 0 Å². The van der Waals surface area contributed by atoms with E-state index in [-0.39, 0.29) is 6.29 Å². The van der Waals surface area contributed by atoms with Crippen LogP contribution in [-0.2, 0) is 9.47 Å². The van der Waals surface area contributed by atoms with Crippen LogP contribution in [0.5, 0.6) is 0 Å². The quantitative estimate of drug-likeness (QED) is 0.636. The Morgan fingerprint density at radius 1 is 1.06 bits per heavy atom. The molecular formula is C14H28O2. The Morgan fingerprint density at radius 2 is 1.69 bits per heavy atom. The molecule has 16 heavy (non-hydrogen) atoms. The van der Waals surface area contributed by atoms with Crippen LogP contribution in [0, 0.1) is 5.92 Å². The smallest absolute Gasteiger partial charge is 0.160 e. The lowest BCUT2D eigenvalue weighted by molar-refractivity contribution is -0.215. The van der Waals surface area contributed by atoms with Gasteiger partial charge >= 0.3 is 0 Å². The molecule has 2 heteroatoms. The molecule has 2 nitrogen and oxygen atoms in total. The van der Waals surface area contributed by atoms with E-state index >= 15 is 0 Å². The van der Waals surface area contributed by atoms with Crippen molar-refractivity contribution < 1.29 is 9.47 Å². The zero-order chi connectivity index (χ0) is 12.0. The maximum absolute atomic E-state index is 6.10. The van der Waals surface area contributed by atoms with E-state index in [1.54, 1.807) is 0 Å². The van der Waals surface area contributed by atoms with Crippen molar-refractivity contribution in [2.24, 2.45) is 5.92 Å². The molecule has 1 aliphatic carbocycles. The monoisotopic (exact) mass is 228 g/mol. The third-order valence-electron chi connectivity index (χ3n) is 3.36. The minimum atomic E-state index is -0.0157. The summed E-state index contributed by atoms with van der Waals surface area (Å²) in [7, 11) is 0. The van der Waals surface area contributed by atoms with Gasteiger partial charge in [0, 0.05) is 5.92 Å². The summed E-state index contributed by atoms with van der Waals surface area (Å²) < 4.78 is 12.0. The summed E-state index contributed by atoms with van der Waals surface area (Å²) in [6, 6.07) is 0. The zero-order valence-electron chi connectivity index (χ0n) is 11.4. The number of rotatable bonds is 6. The van der Waals surface area contributed by atoms with Gasteiger partial charge in [-0.2, -0.15) is 0 Å². The Balaban J connectivity index is 2.37. The minimum Gasteiger partial charge on any atom is -0.349 e. The van der Waals surface area contributed by atoms with Gasteiger partial charge in [-0.3, -0.25) is 0 Å². The summed E-state index contributed by atoms with van der Waals surface area (Å²) >= 11 is 0. The molecule has 1 rings (SSSR count). The predicted molar refractivity (Wildman–Crippen MR) is 67.4 cm³/mol. The molecule has 0 radical (unpaired) electrons. The fraction of sp³-hybridized carbons (Fsp3) is 1.00. The SMILES string of the molecule is CCC(C)OC(OC1CCCCC1)C(C)C. The van der Waals surface area contributed by atoms with Gasteiger partial charge in [0.15, 0.2) is 6.29 Å². The first kappa shape index (κ1) is 14.0. The molecule has 1 saturated carbocycles. The van der Waals surface area contributed by atoms with Crippen LogP contribution in [0.3, 0.4) is 0 Å². The number of ether oxygens (including phenoxy) is 2. The summed E-state index contributed by atoms with van der Waals surface area (Å²) in [6.07, 6.45) is 8.22. The fourth-order valence-electron chi connectivity index (χ4n) is 2.06. The lowest BCUT2D eigenvalue weighted by Crippen LogP contribution is -2.32. The van der Waals surface area contributed by atoms with Crippen molar-refractivity contribution in [2.75, 3.05) is 0 Å². The Kier molecular flexibility index (Phi) is 6.37. The minimum absolute atomic E-state index is 0.0157. The van der Waals surface area contributed by atoms with Crippen molar-refractivity contribution in [1.82, 2.24) is 0 Å². The van der Waals surface area contributed by atoms with Gasteiger partial charge in [0.1, 0.15) is 0 Å². The first-order valence-corrected chi connectivity index (χ1v) is 6.94. The zero-order valence-corrected chi connectivity index (χ0v) is 11.4. The molecule has 0 spiro atoms. The van der Waals surface area contributed by atoms with Crippen molar-refractivity contribution in [3.8, 4) is 0 Å². The molecule has 96 valence electrons. The highest BCUT2D eigenvalue weighted by Gasteiger charge is 2.23. The summed E-state index contributed by atoms with van der Waals surface area (Å²) in [5.41, 5.74) is 0. The van der Waals surface area contributed by atoms with Crippen LogP contribution in [0.2, 0.25) is 0 Å². The number of hydrogen-bond acceptors (Lipinski definition) is 2. The van der Waals surface area contributed by atoms with Gasteiger partial charge in [-0.05, 0) is 26.2 Å². The topological polar surface area (TPSA) is 18.5 Å². The molecule has 0 aromatic rings. The standard InChI is InChI=1S/C14H28O2/c1-5-12(4)15-14(11(2)3)16-13-9-7-6-8-10-13/h11-14H,5-10H2,1-4H3. The Labute approximate surface area is 101 Å². The number of hydrogen-bond donors (Lipinski definition) is 0. The molecule has 0 bridgehead atoms. The second-order valence-electron chi connectivity index (χ2n) is 5.36. The van der Waals surface area contributed by atoms with Gasteiger partial charge in [-0.25, -0.2) is 0 Å². The van der Waals surface area contributed by atoms with Gasteiger partial charge in [0.05, 0.1) is 12.2 Å². The third-order valence-corrected chi connectivity index (χ3v) is 3.36. The lowest BCUT2D eigenvalue weighted by atomic mass is 9.97. The summed E-state index contributed by atoms with van der Waals surface area (Å²) in [6.45, 7) is 8.63. The molecular weight excluding hydrogens is 200 g/mol. The molecule has 2 atom stereocenters. The molecule has 0 saturated heterocycles. The highest BCUT2D eigenvalue weighted by molar-refractivity contribution is 4.67. The maximum Gasteiger partial charge on any atom is 0.160 e. The fourth-order valence-corrected chi connectivity index (χ4v) is 2.06. The average Bonchev–Trinajstić information content (AvgIpc) is 2.29. The molecule has 0 aliphatic heterocycles. The summed E-state index contributed by atoms with van der Waals surface area (Å²) in [5.74, 6) is 0.441. The van der Waals surface area contributed by atoms with Gasteiger partial charge < -0.3 is 9.47 Å². The van der Waals surface area contributed by atoms with E-state index in [0.717, 1.165) is 6.42 Å². The molecule has 1 fully saturated rings. The van der Waals surface area contributed by atoms with Crippen molar-refractivity contribution >= 4 is 0 Å². The Hall–Kier alpha value is -0.0800. The van der Waals surface area contributed by atoms with Crippen LogP contribution in [0.15, 0.2) is 0 Å². The largest absolute Gasteiger partial charge is 0.349 e. The maximum atomic E-state index is 6.10. The molecule has 0 N–H and O–H groups in total. The van der Waals surface area contributed by atoms with Crippen molar-refractivity contribution in [3.63, 3.8) is 0 Å². The third kappa shape index (κ3) is 4.84. The first-order valence-electron chi connectivity index (χ1n) is 6.94. The van der Waals surface area contributed by atoms with E-state index in [4.69, 9.17) is 9.47 Å². The van der Waals surface area contributed by atoms with Crippen molar-refractivity contribution in [3.05, 3.63) is 0 Å². The van der Waals surface area contributed by atoms with E-state index in [2.05, 4.69) is 27.7 Å². The van der Waals surface area contributed by atoms with E-state index in [1.807, 2.05) is 0 Å².